The summed E-state index contributed by atoms with van der Waals surface area (Å²) in [6.07, 6.45) is 5.65. The number of benzene rings is 3. The number of carbonyl (C=O) groups is 1. The first-order valence-electron chi connectivity index (χ1n) is 9.96. The van der Waals surface area contributed by atoms with Crippen molar-refractivity contribution < 1.29 is 22.5 Å². The van der Waals surface area contributed by atoms with E-state index < -0.39 is 16.1 Å². The molecule has 31 heavy (non-hydrogen) atoms. The fourth-order valence-corrected chi connectivity index (χ4v) is 7.25. The van der Waals surface area contributed by atoms with Crippen LogP contribution in [0.25, 0.3) is 10.8 Å². The van der Waals surface area contributed by atoms with Gasteiger partial charge < -0.3 is 4.74 Å². The van der Waals surface area contributed by atoms with Gasteiger partial charge in [0, 0.05) is 17.9 Å². The minimum Gasteiger partial charge on any atom is -0.422 e. The van der Waals surface area contributed by atoms with Crippen LogP contribution in [0.5, 0.6) is 5.75 Å². The lowest BCUT2D eigenvalue weighted by Crippen LogP contribution is -2.17. The average molecular weight is 662 g/mol. The molecule has 4 rings (SSSR count). The highest BCUT2D eigenvalue weighted by molar-refractivity contribution is 14.1. The Morgan fingerprint density at radius 2 is 1.65 bits per heavy atom. The maximum atomic E-state index is 13.3. The number of hydrogen-bond acceptors (Lipinski definition) is 4. The van der Waals surface area contributed by atoms with Gasteiger partial charge in [0.2, 0.25) is 0 Å². The molecule has 0 bridgehead atoms. The van der Waals surface area contributed by atoms with Crippen molar-refractivity contribution >= 4 is 72.0 Å². The summed E-state index contributed by atoms with van der Waals surface area (Å²) in [6, 6.07) is 13.3. The average Bonchev–Trinajstić information content (AvgIpc) is 2.73. The fourth-order valence-electron chi connectivity index (χ4n) is 4.27. The van der Waals surface area contributed by atoms with Gasteiger partial charge >= 0.3 is 5.97 Å². The van der Waals surface area contributed by atoms with E-state index in [0.29, 0.717) is 22.3 Å². The largest absolute Gasteiger partial charge is 0.422 e. The zero-order valence-corrected chi connectivity index (χ0v) is 21.6. The molecule has 0 aliphatic heterocycles. The quantitative estimate of drug-likeness (QED) is 0.148. The number of hydrogen-bond donors (Lipinski definition) is 1. The molecule has 0 heterocycles. The standard InChI is InChI=1S/C23H20I2O5S/c24-15-12-18(22(19(25)13-15)14-6-2-1-3-7-14)23(26)30-20-10-11-21(31(27,28)29)17-9-5-4-8-16(17)20/h4-5,8-14H,1-3,6-7H2,(H,27,28,29). The number of ether oxygens (including phenoxy) is 1. The molecule has 0 amide bonds. The van der Waals surface area contributed by atoms with Crippen LogP contribution in [0, 0.1) is 7.14 Å². The van der Waals surface area contributed by atoms with Crippen molar-refractivity contribution in [3.05, 3.63) is 66.8 Å². The summed E-state index contributed by atoms with van der Waals surface area (Å²) in [7, 11) is -4.40. The third-order valence-corrected chi connectivity index (χ3v) is 8.08. The Morgan fingerprint density at radius 3 is 2.32 bits per heavy atom. The number of fused-ring (bicyclic) bond motifs is 1. The van der Waals surface area contributed by atoms with Gasteiger partial charge in [-0.1, -0.05) is 43.5 Å². The van der Waals surface area contributed by atoms with Crippen LogP contribution in [0.3, 0.4) is 0 Å². The predicted octanol–water partition coefficient (Wildman–Crippen LogP) is 6.56. The summed E-state index contributed by atoms with van der Waals surface area (Å²) in [6.45, 7) is 0. The van der Waals surface area contributed by atoms with Gasteiger partial charge in [0.15, 0.2) is 0 Å². The van der Waals surface area contributed by atoms with Gasteiger partial charge in [-0.05, 0) is 93.8 Å². The summed E-state index contributed by atoms with van der Waals surface area (Å²) < 4.78 is 40.9. The highest BCUT2D eigenvalue weighted by Gasteiger charge is 2.26. The molecule has 0 spiro atoms. The minimum atomic E-state index is -4.40. The van der Waals surface area contributed by atoms with Crippen molar-refractivity contribution in [3.63, 3.8) is 0 Å². The Morgan fingerprint density at radius 1 is 0.968 bits per heavy atom. The highest BCUT2D eigenvalue weighted by Crippen LogP contribution is 2.39. The first-order chi connectivity index (χ1) is 14.8. The molecule has 1 fully saturated rings. The summed E-state index contributed by atoms with van der Waals surface area (Å²) in [4.78, 5) is 13.1. The lowest BCUT2D eigenvalue weighted by Gasteiger charge is -2.25. The Labute approximate surface area is 208 Å². The van der Waals surface area contributed by atoms with E-state index >= 15 is 0 Å². The second-order valence-corrected chi connectivity index (χ2v) is 11.5. The molecule has 0 aromatic heterocycles. The van der Waals surface area contributed by atoms with Crippen molar-refractivity contribution in [1.82, 2.24) is 0 Å². The van der Waals surface area contributed by atoms with Gasteiger partial charge in [0.05, 0.1) is 5.56 Å². The van der Waals surface area contributed by atoms with E-state index in [9.17, 15) is 17.8 Å². The van der Waals surface area contributed by atoms with Crippen molar-refractivity contribution in [2.45, 2.75) is 42.9 Å². The number of halogens is 2. The van der Waals surface area contributed by atoms with Crippen LogP contribution in [0.2, 0.25) is 0 Å². The summed E-state index contributed by atoms with van der Waals surface area (Å²) >= 11 is 4.50. The van der Waals surface area contributed by atoms with Crippen molar-refractivity contribution in [1.29, 1.82) is 0 Å². The predicted molar refractivity (Wildman–Crippen MR) is 136 cm³/mol. The van der Waals surface area contributed by atoms with E-state index in [1.807, 2.05) is 6.07 Å². The third-order valence-electron chi connectivity index (χ3n) is 5.65. The molecule has 5 nitrogen and oxygen atoms in total. The fraction of sp³-hybridized carbons (Fsp3) is 0.261. The minimum absolute atomic E-state index is 0.213. The number of rotatable bonds is 4. The lowest BCUT2D eigenvalue weighted by molar-refractivity contribution is 0.0734. The normalized spacial score (nSPS) is 15.2. The van der Waals surface area contributed by atoms with Gasteiger partial charge in [-0.3, -0.25) is 4.55 Å². The second-order valence-electron chi connectivity index (χ2n) is 7.66. The Kier molecular flexibility index (Phi) is 6.90. The van der Waals surface area contributed by atoms with Crippen LogP contribution in [0.1, 0.15) is 53.9 Å². The Hall–Kier alpha value is -1.24. The molecule has 0 unspecified atom stereocenters. The third kappa shape index (κ3) is 4.91. The molecule has 0 atom stereocenters. The zero-order chi connectivity index (χ0) is 22.2. The maximum absolute atomic E-state index is 13.3. The van der Waals surface area contributed by atoms with E-state index in [1.165, 1.54) is 18.6 Å². The second kappa shape index (κ2) is 9.32. The van der Waals surface area contributed by atoms with Crippen LogP contribution in [-0.2, 0) is 10.1 Å². The van der Waals surface area contributed by atoms with Gasteiger partial charge in [0.1, 0.15) is 10.6 Å². The molecule has 8 heteroatoms. The van der Waals surface area contributed by atoms with Crippen LogP contribution in [-0.4, -0.2) is 18.9 Å². The molecule has 3 aromatic carbocycles. The summed E-state index contributed by atoms with van der Waals surface area (Å²) in [5.41, 5.74) is 1.61. The highest BCUT2D eigenvalue weighted by atomic mass is 127. The Balaban J connectivity index is 1.77. The maximum Gasteiger partial charge on any atom is 0.343 e. The molecule has 1 N–H and O–H groups in total. The van der Waals surface area contributed by atoms with Crippen LogP contribution < -0.4 is 4.74 Å². The monoisotopic (exact) mass is 662 g/mol. The first-order valence-corrected chi connectivity index (χ1v) is 13.6. The van der Waals surface area contributed by atoms with Crippen molar-refractivity contribution in [2.24, 2.45) is 0 Å². The topological polar surface area (TPSA) is 80.7 Å². The molecule has 3 aromatic rings. The first kappa shape index (κ1) is 22.9. The molecule has 0 radical (unpaired) electrons. The van der Waals surface area contributed by atoms with E-state index in [1.54, 1.807) is 24.3 Å². The molecule has 1 saturated carbocycles. The number of carbonyl (C=O) groups excluding carboxylic acids is 1. The van der Waals surface area contributed by atoms with Gasteiger partial charge in [-0.25, -0.2) is 4.79 Å². The SMILES string of the molecule is O=C(Oc1ccc(S(=O)(=O)O)c2ccccc12)c1cc(I)cc(I)c1C1CCCCC1. The molecule has 1 aliphatic rings. The Bertz CT molecular complexity index is 1260. The summed E-state index contributed by atoms with van der Waals surface area (Å²) in [5, 5.41) is 0.755. The van der Waals surface area contributed by atoms with Crippen molar-refractivity contribution in [3.8, 4) is 5.75 Å². The van der Waals surface area contributed by atoms with E-state index in [4.69, 9.17) is 4.74 Å². The van der Waals surface area contributed by atoms with Crippen molar-refractivity contribution in [2.75, 3.05) is 0 Å². The number of esters is 1. The van der Waals surface area contributed by atoms with Gasteiger partial charge in [0.25, 0.3) is 10.1 Å². The molecular formula is C23H20I2O5S. The van der Waals surface area contributed by atoms with E-state index in [0.717, 1.165) is 38.4 Å². The van der Waals surface area contributed by atoms with Crippen LogP contribution in [0.15, 0.2) is 53.4 Å². The molecule has 1 aliphatic carbocycles. The van der Waals surface area contributed by atoms with Crippen LogP contribution in [0.4, 0.5) is 0 Å². The molecule has 162 valence electrons. The lowest BCUT2D eigenvalue weighted by atomic mass is 9.82. The van der Waals surface area contributed by atoms with E-state index in [2.05, 4.69) is 51.2 Å². The van der Waals surface area contributed by atoms with E-state index in [-0.39, 0.29) is 10.6 Å². The summed E-state index contributed by atoms with van der Waals surface area (Å²) in [5.74, 6) is 0.136. The molecule has 0 saturated heterocycles. The van der Waals surface area contributed by atoms with Gasteiger partial charge in [-0.15, -0.1) is 0 Å². The zero-order valence-electron chi connectivity index (χ0n) is 16.5. The van der Waals surface area contributed by atoms with Gasteiger partial charge in [-0.2, -0.15) is 8.42 Å². The molecular weight excluding hydrogens is 642 g/mol. The van der Waals surface area contributed by atoms with Crippen LogP contribution >= 0.6 is 45.2 Å². The smallest absolute Gasteiger partial charge is 0.343 e.